The van der Waals surface area contributed by atoms with Gasteiger partial charge in [0.25, 0.3) is 0 Å². The Balaban J connectivity index is 0.00000324. The van der Waals surface area contributed by atoms with Crippen molar-refractivity contribution in [2.24, 2.45) is 11.8 Å². The van der Waals surface area contributed by atoms with Gasteiger partial charge in [-0.15, -0.1) is 12.4 Å². The van der Waals surface area contributed by atoms with Crippen LogP contribution >= 0.6 is 12.4 Å². The van der Waals surface area contributed by atoms with E-state index in [4.69, 9.17) is 0 Å². The van der Waals surface area contributed by atoms with Crippen molar-refractivity contribution < 1.29 is 4.79 Å². The van der Waals surface area contributed by atoms with Crippen LogP contribution < -0.4 is 10.6 Å². The van der Waals surface area contributed by atoms with E-state index in [1.54, 1.807) is 0 Å². The summed E-state index contributed by atoms with van der Waals surface area (Å²) in [5.74, 6) is 0.470. The molecule has 0 aliphatic rings. The zero-order chi connectivity index (χ0) is 13.5. The van der Waals surface area contributed by atoms with E-state index >= 15 is 0 Å². The van der Waals surface area contributed by atoms with Gasteiger partial charge in [-0.2, -0.15) is 0 Å². The minimum atomic E-state index is 0. The van der Waals surface area contributed by atoms with E-state index in [1.165, 1.54) is 0 Å². The maximum absolute atomic E-state index is 12.0. The average molecular weight is 285 g/mol. The second-order valence-corrected chi connectivity index (χ2v) is 4.96. The van der Waals surface area contributed by atoms with Gasteiger partial charge in [-0.25, -0.2) is 0 Å². The lowest BCUT2D eigenvalue weighted by molar-refractivity contribution is -0.120. The van der Waals surface area contributed by atoms with E-state index in [9.17, 15) is 4.79 Å². The van der Waals surface area contributed by atoms with Crippen LogP contribution in [0.4, 0.5) is 5.69 Å². The summed E-state index contributed by atoms with van der Waals surface area (Å²) in [5, 5.41) is 6.30. The van der Waals surface area contributed by atoms with Gasteiger partial charge < -0.3 is 10.6 Å². The number of rotatable bonds is 6. The van der Waals surface area contributed by atoms with Crippen molar-refractivity contribution >= 4 is 24.0 Å². The summed E-state index contributed by atoms with van der Waals surface area (Å²) in [5.41, 5.74) is 2.04. The van der Waals surface area contributed by atoms with Crippen LogP contribution in [0.15, 0.2) is 24.3 Å². The van der Waals surface area contributed by atoms with Crippen molar-refractivity contribution in [1.29, 1.82) is 0 Å². The van der Waals surface area contributed by atoms with Crippen LogP contribution in [0, 0.1) is 11.8 Å². The lowest BCUT2D eigenvalue weighted by atomic mass is 9.97. The molecule has 4 heteroatoms. The zero-order valence-corrected chi connectivity index (χ0v) is 13.0. The number of amides is 1. The number of carbonyl (C=O) groups excluding carboxylic acids is 1. The molecule has 1 amide bonds. The predicted octanol–water partition coefficient (Wildman–Crippen LogP) is 3.45. The Kier molecular flexibility index (Phi) is 8.44. The van der Waals surface area contributed by atoms with Gasteiger partial charge in [0.1, 0.15) is 0 Å². The molecule has 1 atom stereocenters. The van der Waals surface area contributed by atoms with Gasteiger partial charge in [0.05, 0.1) is 0 Å². The summed E-state index contributed by atoms with van der Waals surface area (Å²) in [7, 11) is 0. The van der Waals surface area contributed by atoms with E-state index in [1.807, 2.05) is 31.2 Å². The fraction of sp³-hybridized carbons (Fsp3) is 0.533. The Hall–Kier alpha value is -1.06. The Morgan fingerprint density at radius 3 is 2.42 bits per heavy atom. The number of nitrogens with one attached hydrogen (secondary N) is 2. The Labute approximate surface area is 122 Å². The molecule has 0 fully saturated rings. The van der Waals surface area contributed by atoms with Crippen LogP contribution in [0.5, 0.6) is 0 Å². The van der Waals surface area contributed by atoms with Crippen molar-refractivity contribution in [3.05, 3.63) is 29.8 Å². The first-order chi connectivity index (χ1) is 8.56. The summed E-state index contributed by atoms with van der Waals surface area (Å²) in [6, 6.07) is 7.94. The average Bonchev–Trinajstić information content (AvgIpc) is 2.36. The maximum Gasteiger partial charge on any atom is 0.227 e. The molecule has 0 saturated heterocycles. The highest BCUT2D eigenvalue weighted by Crippen LogP contribution is 2.18. The summed E-state index contributed by atoms with van der Waals surface area (Å²) in [6.07, 6.45) is 0. The maximum atomic E-state index is 12.0. The highest BCUT2D eigenvalue weighted by atomic mass is 35.5. The molecule has 0 aromatic heterocycles. The molecule has 0 radical (unpaired) electrons. The molecule has 0 saturated carbocycles. The molecule has 1 rings (SSSR count). The fourth-order valence-corrected chi connectivity index (χ4v) is 1.61. The second-order valence-electron chi connectivity index (χ2n) is 4.96. The first-order valence-corrected chi connectivity index (χ1v) is 6.65. The van der Waals surface area contributed by atoms with E-state index < -0.39 is 0 Å². The second kappa shape index (κ2) is 8.94. The van der Waals surface area contributed by atoms with Gasteiger partial charge in [0.2, 0.25) is 5.91 Å². The lowest BCUT2D eigenvalue weighted by Crippen LogP contribution is -2.25. The first-order valence-electron chi connectivity index (χ1n) is 6.65. The molecular formula is C15H25ClN2O. The topological polar surface area (TPSA) is 41.1 Å². The molecule has 1 aromatic carbocycles. The summed E-state index contributed by atoms with van der Waals surface area (Å²) >= 11 is 0. The minimum absolute atomic E-state index is 0. The molecule has 2 N–H and O–H groups in total. The van der Waals surface area contributed by atoms with E-state index in [-0.39, 0.29) is 24.2 Å². The molecule has 1 aromatic rings. The van der Waals surface area contributed by atoms with Gasteiger partial charge >= 0.3 is 0 Å². The monoisotopic (exact) mass is 284 g/mol. The highest BCUT2D eigenvalue weighted by Gasteiger charge is 2.17. The SMILES string of the molecule is CCNCc1ccccc1NC(=O)C(C)C(C)C.Cl. The number of halogens is 1. The third-order valence-electron chi connectivity index (χ3n) is 3.25. The normalized spacial score (nSPS) is 11.8. The third kappa shape index (κ3) is 5.62. The van der Waals surface area contributed by atoms with Gasteiger partial charge in [-0.1, -0.05) is 45.9 Å². The molecule has 108 valence electrons. The van der Waals surface area contributed by atoms with Gasteiger partial charge in [-0.3, -0.25) is 4.79 Å². The van der Waals surface area contributed by atoms with E-state index in [2.05, 4.69) is 31.4 Å². The van der Waals surface area contributed by atoms with Crippen molar-refractivity contribution in [1.82, 2.24) is 5.32 Å². The summed E-state index contributed by atoms with van der Waals surface area (Å²) in [4.78, 5) is 12.0. The van der Waals surface area contributed by atoms with E-state index in [0.29, 0.717) is 5.92 Å². The smallest absolute Gasteiger partial charge is 0.227 e. The molecular weight excluding hydrogens is 260 g/mol. The number of hydrogen-bond donors (Lipinski definition) is 2. The quantitative estimate of drug-likeness (QED) is 0.840. The Morgan fingerprint density at radius 1 is 1.21 bits per heavy atom. The molecule has 3 nitrogen and oxygen atoms in total. The molecule has 1 unspecified atom stereocenters. The Morgan fingerprint density at radius 2 is 1.84 bits per heavy atom. The standard InChI is InChI=1S/C15H24N2O.ClH/c1-5-16-10-13-8-6-7-9-14(13)17-15(18)12(4)11(2)3;/h6-9,11-12,16H,5,10H2,1-4H3,(H,17,18);1H. The van der Waals surface area contributed by atoms with Crippen LogP contribution in [-0.2, 0) is 11.3 Å². The van der Waals surface area contributed by atoms with Crippen molar-refractivity contribution in [3.63, 3.8) is 0 Å². The number of hydrogen-bond acceptors (Lipinski definition) is 2. The zero-order valence-electron chi connectivity index (χ0n) is 12.2. The van der Waals surface area contributed by atoms with E-state index in [0.717, 1.165) is 24.3 Å². The van der Waals surface area contributed by atoms with Crippen LogP contribution in [0.25, 0.3) is 0 Å². The largest absolute Gasteiger partial charge is 0.326 e. The minimum Gasteiger partial charge on any atom is -0.326 e. The fourth-order valence-electron chi connectivity index (χ4n) is 1.61. The number of para-hydroxylation sites is 1. The number of benzene rings is 1. The third-order valence-corrected chi connectivity index (χ3v) is 3.25. The predicted molar refractivity (Wildman–Crippen MR) is 83.7 cm³/mol. The Bertz CT molecular complexity index is 393. The summed E-state index contributed by atoms with van der Waals surface area (Å²) in [6.45, 7) is 9.87. The van der Waals surface area contributed by atoms with Crippen LogP contribution in [0.2, 0.25) is 0 Å². The van der Waals surface area contributed by atoms with Crippen molar-refractivity contribution in [2.45, 2.75) is 34.2 Å². The van der Waals surface area contributed by atoms with Crippen molar-refractivity contribution in [2.75, 3.05) is 11.9 Å². The number of anilines is 1. The number of carbonyl (C=O) groups is 1. The summed E-state index contributed by atoms with van der Waals surface area (Å²) < 4.78 is 0. The first kappa shape index (κ1) is 17.9. The molecule has 0 bridgehead atoms. The van der Waals surface area contributed by atoms with Gasteiger partial charge in [0, 0.05) is 18.2 Å². The molecule has 0 aliphatic carbocycles. The van der Waals surface area contributed by atoms with Crippen molar-refractivity contribution in [3.8, 4) is 0 Å². The van der Waals surface area contributed by atoms with Gasteiger partial charge in [-0.05, 0) is 24.1 Å². The molecule has 19 heavy (non-hydrogen) atoms. The van der Waals surface area contributed by atoms with Crippen LogP contribution in [0.3, 0.4) is 0 Å². The highest BCUT2D eigenvalue weighted by molar-refractivity contribution is 5.93. The lowest BCUT2D eigenvalue weighted by Gasteiger charge is -2.17. The molecule has 0 aliphatic heterocycles. The molecule has 0 heterocycles. The van der Waals surface area contributed by atoms with Crippen LogP contribution in [-0.4, -0.2) is 12.5 Å². The molecule has 0 spiro atoms. The van der Waals surface area contributed by atoms with Crippen LogP contribution in [0.1, 0.15) is 33.3 Å². The van der Waals surface area contributed by atoms with Gasteiger partial charge in [0.15, 0.2) is 0 Å².